The van der Waals surface area contributed by atoms with Gasteiger partial charge in [0.1, 0.15) is 11.3 Å². The van der Waals surface area contributed by atoms with Crippen molar-refractivity contribution in [1.29, 1.82) is 0 Å². The summed E-state index contributed by atoms with van der Waals surface area (Å²) in [4.78, 5) is 5.37. The fraction of sp³-hybridized carbons (Fsp3) is 0.0370. The molecule has 7 rings (SSSR count). The van der Waals surface area contributed by atoms with Crippen molar-refractivity contribution in [2.45, 2.75) is 0 Å². The Hall–Kier alpha value is -4.36. The molecule has 6 aromatic rings. The maximum Gasteiger partial charge on any atom is 0.231 e. The van der Waals surface area contributed by atoms with Crippen molar-refractivity contribution in [3.63, 3.8) is 0 Å². The predicted octanol–water partition coefficient (Wildman–Crippen LogP) is 7.04. The zero-order chi connectivity index (χ0) is 22.5. The minimum absolute atomic E-state index is 0.244. The van der Waals surface area contributed by atoms with Crippen molar-refractivity contribution in [2.75, 3.05) is 12.2 Å². The Morgan fingerprint density at radius 3 is 2.38 bits per heavy atom. The summed E-state index contributed by atoms with van der Waals surface area (Å²) in [5, 5.41) is 10.9. The van der Waals surface area contributed by atoms with Gasteiger partial charge in [0, 0.05) is 17.0 Å². The quantitative estimate of drug-likeness (QED) is 0.173. The van der Waals surface area contributed by atoms with E-state index in [-0.39, 0.29) is 6.79 Å². The minimum Gasteiger partial charge on any atom is -0.455 e. The molecular formula is C27H17N3O3S. The largest absolute Gasteiger partial charge is 0.455 e. The molecule has 0 saturated heterocycles. The molecule has 1 aliphatic heterocycles. The summed E-state index contributed by atoms with van der Waals surface area (Å²) >= 11 is 1.48. The summed E-state index contributed by atoms with van der Waals surface area (Å²) in [7, 11) is 0. The van der Waals surface area contributed by atoms with Crippen molar-refractivity contribution < 1.29 is 13.9 Å². The van der Waals surface area contributed by atoms with Gasteiger partial charge in [0.2, 0.25) is 11.9 Å². The first-order valence-electron chi connectivity index (χ1n) is 10.8. The Morgan fingerprint density at radius 2 is 1.59 bits per heavy atom. The van der Waals surface area contributed by atoms with E-state index in [9.17, 15) is 0 Å². The molecule has 0 bridgehead atoms. The van der Waals surface area contributed by atoms with Crippen LogP contribution >= 0.6 is 11.3 Å². The van der Waals surface area contributed by atoms with Crippen LogP contribution in [-0.2, 0) is 0 Å². The van der Waals surface area contributed by atoms with Crippen molar-refractivity contribution in [2.24, 2.45) is 5.10 Å². The second-order valence-corrected chi connectivity index (χ2v) is 9.02. The lowest BCUT2D eigenvalue weighted by Gasteiger charge is -2.07. The average molecular weight is 464 g/mol. The highest BCUT2D eigenvalue weighted by Gasteiger charge is 2.18. The van der Waals surface area contributed by atoms with E-state index in [2.05, 4.69) is 70.1 Å². The molecule has 6 nitrogen and oxygen atoms in total. The molecular weight excluding hydrogens is 446 g/mol. The number of aromatic nitrogens is 1. The van der Waals surface area contributed by atoms with E-state index in [0.29, 0.717) is 10.9 Å². The van der Waals surface area contributed by atoms with Crippen molar-refractivity contribution >= 4 is 55.2 Å². The second-order valence-electron chi connectivity index (χ2n) is 7.99. The van der Waals surface area contributed by atoms with Gasteiger partial charge in [-0.1, -0.05) is 59.9 Å². The Bertz CT molecular complexity index is 1640. The van der Waals surface area contributed by atoms with E-state index in [0.717, 1.165) is 43.7 Å². The standard InChI is InChI=1S/C27H17N3O3S/c1-3-7-19-16(5-1)9-17-6-2-4-8-20(17)21(19)13-29-30-27-28-14-26(34-27)25-11-18-10-23-24(32-15-31-23)12-22(18)33-25/h1-14H,15H2,(H,28,30). The summed E-state index contributed by atoms with van der Waals surface area (Å²) in [5.74, 6) is 2.19. The Labute approximate surface area is 198 Å². The van der Waals surface area contributed by atoms with Crippen LogP contribution in [0.1, 0.15) is 5.56 Å². The van der Waals surface area contributed by atoms with Gasteiger partial charge in [0.15, 0.2) is 11.5 Å². The average Bonchev–Trinajstić information content (AvgIpc) is 3.61. The van der Waals surface area contributed by atoms with Gasteiger partial charge in [-0.05, 0) is 39.7 Å². The lowest BCUT2D eigenvalue weighted by Crippen LogP contribution is -1.92. The van der Waals surface area contributed by atoms with E-state index >= 15 is 0 Å². The second kappa shape index (κ2) is 7.60. The first-order chi connectivity index (χ1) is 16.8. The van der Waals surface area contributed by atoms with Crippen molar-refractivity contribution in [1.82, 2.24) is 4.98 Å². The Kier molecular flexibility index (Phi) is 4.28. The fourth-order valence-corrected chi connectivity index (χ4v) is 5.05. The van der Waals surface area contributed by atoms with E-state index in [1.807, 2.05) is 24.4 Å². The summed E-state index contributed by atoms with van der Waals surface area (Å²) in [6.45, 7) is 0.244. The van der Waals surface area contributed by atoms with Crippen LogP contribution in [0, 0.1) is 0 Å². The van der Waals surface area contributed by atoms with Crippen LogP contribution in [-0.4, -0.2) is 18.0 Å². The van der Waals surface area contributed by atoms with Gasteiger partial charge in [-0.2, -0.15) is 5.10 Å². The van der Waals surface area contributed by atoms with Gasteiger partial charge < -0.3 is 13.9 Å². The maximum absolute atomic E-state index is 6.03. The number of hydrogen-bond acceptors (Lipinski definition) is 7. The molecule has 0 aliphatic carbocycles. The molecule has 0 atom stereocenters. The molecule has 0 amide bonds. The number of hydrazone groups is 1. The van der Waals surface area contributed by atoms with Crippen LogP contribution in [0.5, 0.6) is 11.5 Å². The van der Waals surface area contributed by atoms with Crippen LogP contribution in [0.4, 0.5) is 5.13 Å². The summed E-state index contributed by atoms with van der Waals surface area (Å²) in [6, 6.07) is 24.7. The molecule has 1 N–H and O–H groups in total. The van der Waals surface area contributed by atoms with E-state index in [1.165, 1.54) is 22.1 Å². The summed E-state index contributed by atoms with van der Waals surface area (Å²) < 4.78 is 16.9. The zero-order valence-corrected chi connectivity index (χ0v) is 18.6. The van der Waals surface area contributed by atoms with Crippen LogP contribution in [0.3, 0.4) is 0 Å². The molecule has 7 heteroatoms. The number of furan rings is 1. The molecule has 1 aliphatic rings. The van der Waals surface area contributed by atoms with Crippen molar-refractivity contribution in [3.8, 4) is 22.1 Å². The topological polar surface area (TPSA) is 68.9 Å². The third-order valence-electron chi connectivity index (χ3n) is 5.93. The highest BCUT2D eigenvalue weighted by atomic mass is 32.1. The number of fused-ring (bicyclic) bond motifs is 4. The lowest BCUT2D eigenvalue weighted by molar-refractivity contribution is 0.174. The van der Waals surface area contributed by atoms with Gasteiger partial charge in [0.25, 0.3) is 0 Å². The zero-order valence-electron chi connectivity index (χ0n) is 17.8. The third kappa shape index (κ3) is 3.17. The van der Waals surface area contributed by atoms with Crippen LogP contribution in [0.15, 0.2) is 88.5 Å². The number of hydrogen-bond donors (Lipinski definition) is 1. The number of nitrogens with zero attached hydrogens (tertiary/aromatic N) is 2. The minimum atomic E-state index is 0.244. The predicted molar refractivity (Wildman–Crippen MR) is 136 cm³/mol. The number of thiazole rings is 1. The SMILES string of the molecule is C(=NNc1ncc(-c2cc3cc4c(cc3o2)OCO4)s1)c1c2ccccc2cc2ccccc12. The molecule has 34 heavy (non-hydrogen) atoms. The molecule has 4 aromatic carbocycles. The Balaban J connectivity index is 1.18. The molecule has 0 unspecified atom stereocenters. The van der Waals surface area contributed by atoms with Gasteiger partial charge in [0.05, 0.1) is 17.3 Å². The van der Waals surface area contributed by atoms with Gasteiger partial charge in [-0.25, -0.2) is 4.98 Å². The first-order valence-corrected chi connectivity index (χ1v) is 11.6. The molecule has 0 saturated carbocycles. The van der Waals surface area contributed by atoms with Crippen LogP contribution in [0.2, 0.25) is 0 Å². The molecule has 0 fully saturated rings. The van der Waals surface area contributed by atoms with Gasteiger partial charge in [-0.3, -0.25) is 5.43 Å². The molecule has 0 radical (unpaired) electrons. The summed E-state index contributed by atoms with van der Waals surface area (Å²) in [6.07, 6.45) is 3.66. The molecule has 0 spiro atoms. The number of nitrogens with one attached hydrogen (secondary N) is 1. The number of benzene rings is 4. The fourth-order valence-electron chi connectivity index (χ4n) is 4.33. The Morgan fingerprint density at radius 1 is 0.853 bits per heavy atom. The highest BCUT2D eigenvalue weighted by molar-refractivity contribution is 7.18. The van der Waals surface area contributed by atoms with Crippen LogP contribution in [0.25, 0.3) is 43.2 Å². The highest BCUT2D eigenvalue weighted by Crippen LogP contribution is 2.40. The van der Waals surface area contributed by atoms with Gasteiger partial charge >= 0.3 is 0 Å². The van der Waals surface area contributed by atoms with E-state index < -0.39 is 0 Å². The number of rotatable bonds is 4. The molecule has 3 heterocycles. The number of ether oxygens (including phenoxy) is 2. The smallest absolute Gasteiger partial charge is 0.231 e. The van der Waals surface area contributed by atoms with E-state index in [1.54, 1.807) is 6.20 Å². The van der Waals surface area contributed by atoms with E-state index in [4.69, 9.17) is 13.9 Å². The monoisotopic (exact) mass is 463 g/mol. The lowest BCUT2D eigenvalue weighted by atomic mass is 9.97. The molecule has 2 aromatic heterocycles. The van der Waals surface area contributed by atoms with Crippen LogP contribution < -0.4 is 14.9 Å². The summed E-state index contributed by atoms with van der Waals surface area (Å²) in [5.41, 5.74) is 4.91. The number of anilines is 1. The van der Waals surface area contributed by atoms with Gasteiger partial charge in [-0.15, -0.1) is 0 Å². The third-order valence-corrected chi connectivity index (χ3v) is 6.84. The first kappa shape index (κ1) is 19.1. The molecule has 164 valence electrons. The normalized spacial score (nSPS) is 12.9. The van der Waals surface area contributed by atoms with Crippen molar-refractivity contribution in [3.05, 3.63) is 84.6 Å². The maximum atomic E-state index is 6.03.